The van der Waals surface area contributed by atoms with E-state index in [0.29, 0.717) is 26.1 Å². The van der Waals surface area contributed by atoms with Crippen LogP contribution in [0.15, 0.2) is 18.6 Å². The average molecular weight is 370 g/mol. The van der Waals surface area contributed by atoms with E-state index in [1.165, 1.54) is 0 Å². The number of carbonyl (C=O) groups is 2. The van der Waals surface area contributed by atoms with Crippen molar-refractivity contribution >= 4 is 11.8 Å². The summed E-state index contributed by atoms with van der Waals surface area (Å²) in [6.07, 6.45) is 6.18. The number of fused-ring (bicyclic) bond motifs is 2. The second-order valence-corrected chi connectivity index (χ2v) is 7.42. The van der Waals surface area contributed by atoms with E-state index in [4.69, 9.17) is 0 Å². The molecule has 27 heavy (non-hydrogen) atoms. The highest BCUT2D eigenvalue weighted by molar-refractivity contribution is 5.78. The Morgan fingerprint density at radius 3 is 2.67 bits per heavy atom. The fraction of sp³-hybridized carbons (Fsp3) is 0.579. The predicted molar refractivity (Wildman–Crippen MR) is 98.8 cm³/mol. The molecule has 4 heterocycles. The molecule has 1 saturated heterocycles. The molecule has 2 aliphatic heterocycles. The normalized spacial score (nSPS) is 18.6. The van der Waals surface area contributed by atoms with Crippen molar-refractivity contribution < 1.29 is 9.59 Å². The molecule has 0 unspecified atom stereocenters. The summed E-state index contributed by atoms with van der Waals surface area (Å²) < 4.78 is 1.73. The van der Waals surface area contributed by atoms with Crippen LogP contribution in [-0.4, -0.2) is 61.0 Å². The lowest BCUT2D eigenvalue weighted by Gasteiger charge is -2.50. The Morgan fingerprint density at radius 1 is 1.22 bits per heavy atom. The average Bonchev–Trinajstić information content (AvgIpc) is 3.32. The molecule has 2 aromatic heterocycles. The van der Waals surface area contributed by atoms with Crippen molar-refractivity contribution in [1.29, 1.82) is 0 Å². The number of nitrogens with zero attached hydrogens (tertiary/aromatic N) is 5. The van der Waals surface area contributed by atoms with Crippen LogP contribution in [0.3, 0.4) is 0 Å². The molecule has 8 heteroatoms. The van der Waals surface area contributed by atoms with Gasteiger partial charge in [-0.25, -0.2) is 4.98 Å². The number of carbonyl (C=O) groups excluding carboxylic acids is 2. The quantitative estimate of drug-likeness (QED) is 0.880. The molecule has 0 saturated carbocycles. The van der Waals surface area contributed by atoms with E-state index in [9.17, 15) is 9.59 Å². The molecule has 2 aliphatic rings. The number of likely N-dealkylation sites (tertiary alicyclic amines) is 1. The summed E-state index contributed by atoms with van der Waals surface area (Å²) in [5.74, 6) is 0.235. The van der Waals surface area contributed by atoms with E-state index in [0.717, 1.165) is 36.3 Å². The third-order valence-electron chi connectivity index (χ3n) is 6.02. The SMILES string of the molecule is CCC(=O)N1CCc2[nH]cnc2C12CCN(C(=O)Cn1nccc1C)CC2. The number of aromatic nitrogens is 4. The molecule has 1 N–H and O–H groups in total. The number of aromatic amines is 1. The van der Waals surface area contributed by atoms with E-state index in [1.807, 2.05) is 29.7 Å². The number of amides is 2. The van der Waals surface area contributed by atoms with E-state index < -0.39 is 0 Å². The zero-order chi connectivity index (χ0) is 19.0. The summed E-state index contributed by atoms with van der Waals surface area (Å²) in [5, 5.41) is 4.21. The maximum Gasteiger partial charge on any atom is 0.244 e. The third-order valence-corrected chi connectivity index (χ3v) is 6.02. The van der Waals surface area contributed by atoms with Crippen LogP contribution in [0, 0.1) is 6.92 Å². The summed E-state index contributed by atoms with van der Waals surface area (Å²) in [6, 6.07) is 1.90. The second-order valence-electron chi connectivity index (χ2n) is 7.42. The van der Waals surface area contributed by atoms with Crippen LogP contribution in [0.4, 0.5) is 0 Å². The van der Waals surface area contributed by atoms with Crippen molar-refractivity contribution in [3.63, 3.8) is 0 Å². The van der Waals surface area contributed by atoms with Crippen LogP contribution in [0.2, 0.25) is 0 Å². The number of rotatable bonds is 3. The Balaban J connectivity index is 1.53. The van der Waals surface area contributed by atoms with Crippen LogP contribution in [0.5, 0.6) is 0 Å². The molecule has 2 amide bonds. The van der Waals surface area contributed by atoms with Gasteiger partial charge in [0.15, 0.2) is 0 Å². The number of aryl methyl sites for hydroxylation is 1. The number of imidazole rings is 1. The first-order chi connectivity index (χ1) is 13.0. The molecule has 8 nitrogen and oxygen atoms in total. The van der Waals surface area contributed by atoms with Crippen molar-refractivity contribution in [2.24, 2.45) is 0 Å². The lowest BCUT2D eigenvalue weighted by molar-refractivity contribution is -0.144. The van der Waals surface area contributed by atoms with Crippen molar-refractivity contribution in [3.05, 3.63) is 35.7 Å². The molecule has 0 aliphatic carbocycles. The fourth-order valence-electron chi connectivity index (χ4n) is 4.46. The molecule has 144 valence electrons. The summed E-state index contributed by atoms with van der Waals surface area (Å²) in [5.41, 5.74) is 2.71. The Hall–Kier alpha value is -2.64. The third kappa shape index (κ3) is 2.93. The maximum atomic E-state index is 12.7. The lowest BCUT2D eigenvalue weighted by Crippen LogP contribution is -2.59. The molecule has 2 aromatic rings. The smallest absolute Gasteiger partial charge is 0.244 e. The van der Waals surface area contributed by atoms with Gasteiger partial charge in [0, 0.05) is 50.1 Å². The molecule has 0 aromatic carbocycles. The maximum absolute atomic E-state index is 12.7. The first-order valence-corrected chi connectivity index (χ1v) is 9.64. The van der Waals surface area contributed by atoms with Crippen LogP contribution in [0.1, 0.15) is 43.3 Å². The summed E-state index contributed by atoms with van der Waals surface area (Å²) in [4.78, 5) is 37.1. The molecule has 0 atom stereocenters. The van der Waals surface area contributed by atoms with Gasteiger partial charge in [0.2, 0.25) is 11.8 Å². The van der Waals surface area contributed by atoms with E-state index in [2.05, 4.69) is 15.1 Å². The van der Waals surface area contributed by atoms with Gasteiger partial charge in [-0.05, 0) is 25.8 Å². The first kappa shape index (κ1) is 17.8. The molecule has 1 spiro atoms. The highest BCUT2D eigenvalue weighted by Crippen LogP contribution is 2.42. The topological polar surface area (TPSA) is 87.1 Å². The number of hydrogen-bond donors (Lipinski definition) is 1. The summed E-state index contributed by atoms with van der Waals surface area (Å²) in [6.45, 7) is 6.07. The van der Waals surface area contributed by atoms with Crippen molar-refractivity contribution in [2.45, 2.75) is 51.6 Å². The number of hydrogen-bond acceptors (Lipinski definition) is 4. The largest absolute Gasteiger partial charge is 0.348 e. The van der Waals surface area contributed by atoms with Gasteiger partial charge in [-0.3, -0.25) is 14.3 Å². The van der Waals surface area contributed by atoms with Gasteiger partial charge in [0.25, 0.3) is 0 Å². The van der Waals surface area contributed by atoms with Crippen molar-refractivity contribution in [3.8, 4) is 0 Å². The Bertz CT molecular complexity index is 846. The number of H-pyrrole nitrogens is 1. The zero-order valence-corrected chi connectivity index (χ0v) is 15.9. The second kappa shape index (κ2) is 6.83. The van der Waals surface area contributed by atoms with Gasteiger partial charge in [0.05, 0.1) is 17.6 Å². The van der Waals surface area contributed by atoms with Gasteiger partial charge in [0.1, 0.15) is 6.54 Å². The Kier molecular flexibility index (Phi) is 4.49. The van der Waals surface area contributed by atoms with Crippen LogP contribution >= 0.6 is 0 Å². The van der Waals surface area contributed by atoms with Gasteiger partial charge < -0.3 is 14.8 Å². The molecular formula is C19H26N6O2. The van der Waals surface area contributed by atoms with Gasteiger partial charge in [-0.1, -0.05) is 6.92 Å². The van der Waals surface area contributed by atoms with E-state index >= 15 is 0 Å². The highest BCUT2D eigenvalue weighted by Gasteiger charge is 2.48. The molecular weight excluding hydrogens is 344 g/mol. The van der Waals surface area contributed by atoms with Crippen molar-refractivity contribution in [2.75, 3.05) is 19.6 Å². The predicted octanol–water partition coefficient (Wildman–Crippen LogP) is 1.23. The highest BCUT2D eigenvalue weighted by atomic mass is 16.2. The molecule has 1 fully saturated rings. The van der Waals surface area contributed by atoms with Crippen molar-refractivity contribution in [1.82, 2.24) is 29.5 Å². The van der Waals surface area contributed by atoms with Crippen LogP contribution < -0.4 is 0 Å². The number of piperidine rings is 1. The lowest BCUT2D eigenvalue weighted by atomic mass is 9.78. The van der Waals surface area contributed by atoms with Crippen LogP contribution in [0.25, 0.3) is 0 Å². The summed E-state index contributed by atoms with van der Waals surface area (Å²) >= 11 is 0. The minimum atomic E-state index is -0.390. The van der Waals surface area contributed by atoms with Gasteiger partial charge in [-0.15, -0.1) is 0 Å². The minimum absolute atomic E-state index is 0.0723. The van der Waals surface area contributed by atoms with Crippen LogP contribution in [-0.2, 0) is 28.1 Å². The van der Waals surface area contributed by atoms with Gasteiger partial charge >= 0.3 is 0 Å². The van der Waals surface area contributed by atoms with E-state index in [-0.39, 0.29) is 23.9 Å². The molecule has 0 radical (unpaired) electrons. The summed E-state index contributed by atoms with van der Waals surface area (Å²) in [7, 11) is 0. The monoisotopic (exact) mass is 370 g/mol. The van der Waals surface area contributed by atoms with Gasteiger partial charge in [-0.2, -0.15) is 5.10 Å². The van der Waals surface area contributed by atoms with E-state index in [1.54, 1.807) is 17.2 Å². The Labute approximate surface area is 158 Å². The number of nitrogens with one attached hydrogen (secondary N) is 1. The molecule has 0 bridgehead atoms. The zero-order valence-electron chi connectivity index (χ0n) is 15.9. The standard InChI is InChI=1S/C19H26N6O2/c1-3-16(26)24-9-5-15-18(21-13-20-15)19(24)6-10-23(11-7-19)17(27)12-25-14(2)4-8-22-25/h4,8,13H,3,5-7,9-12H2,1-2H3,(H,20,21). The fourth-order valence-corrected chi connectivity index (χ4v) is 4.46. The first-order valence-electron chi connectivity index (χ1n) is 9.64. The Morgan fingerprint density at radius 2 is 2.00 bits per heavy atom. The molecule has 4 rings (SSSR count). The minimum Gasteiger partial charge on any atom is -0.348 e.